The Morgan fingerprint density at radius 3 is 2.75 bits per heavy atom. The summed E-state index contributed by atoms with van der Waals surface area (Å²) in [6.45, 7) is 0. The minimum Gasteiger partial charge on any atom is -0.464 e. The molecule has 0 spiro atoms. The Labute approximate surface area is 119 Å². The van der Waals surface area contributed by atoms with Crippen molar-refractivity contribution in [1.29, 1.82) is 0 Å². The van der Waals surface area contributed by atoms with Crippen LogP contribution in [0.1, 0.15) is 10.5 Å². The second-order valence-electron chi connectivity index (χ2n) is 4.25. The second-order valence-corrected chi connectivity index (χ2v) is 5.28. The molecule has 1 aromatic heterocycles. The quantitative estimate of drug-likeness (QED) is 0.733. The number of rotatable bonds is 2. The van der Waals surface area contributed by atoms with Crippen LogP contribution < -0.4 is 5.73 Å². The first kappa shape index (κ1) is 12.6. The number of esters is 1. The number of ether oxygens (including phenoxy) is 1. The molecule has 0 saturated heterocycles. The number of anilines is 1. The topological polar surface area (TPSA) is 65.2 Å². The molecule has 0 amide bonds. The lowest BCUT2D eigenvalue weighted by Crippen LogP contribution is -2.04. The van der Waals surface area contributed by atoms with Crippen LogP contribution in [0.3, 0.4) is 0 Å². The number of thiazole rings is 1. The van der Waals surface area contributed by atoms with E-state index >= 15 is 0 Å². The molecule has 1 heterocycles. The minimum absolute atomic E-state index is 0.181. The molecule has 3 rings (SSSR count). The van der Waals surface area contributed by atoms with E-state index in [1.54, 1.807) is 0 Å². The molecule has 0 radical (unpaired) electrons. The molecule has 20 heavy (non-hydrogen) atoms. The van der Waals surface area contributed by atoms with Crippen molar-refractivity contribution >= 4 is 33.1 Å². The van der Waals surface area contributed by atoms with Crippen LogP contribution in [0.2, 0.25) is 0 Å². The van der Waals surface area contributed by atoms with Gasteiger partial charge in [-0.25, -0.2) is 9.78 Å². The van der Waals surface area contributed by atoms with Gasteiger partial charge in [0.05, 0.1) is 7.11 Å². The minimum atomic E-state index is -0.509. The molecule has 0 saturated carbocycles. The Morgan fingerprint density at radius 2 is 1.95 bits per heavy atom. The van der Waals surface area contributed by atoms with E-state index in [0.29, 0.717) is 5.00 Å². The molecule has 5 heteroatoms. The summed E-state index contributed by atoms with van der Waals surface area (Å²) in [6.07, 6.45) is 0. The van der Waals surface area contributed by atoms with E-state index < -0.39 is 5.97 Å². The highest BCUT2D eigenvalue weighted by Crippen LogP contribution is 2.34. The number of nitrogens with zero attached hydrogens (tertiary/aromatic N) is 1. The monoisotopic (exact) mass is 284 g/mol. The average Bonchev–Trinajstić information content (AvgIpc) is 2.87. The number of hydrogen-bond acceptors (Lipinski definition) is 5. The van der Waals surface area contributed by atoms with Gasteiger partial charge in [0.15, 0.2) is 5.69 Å². The third-order valence-electron chi connectivity index (χ3n) is 3.05. The molecule has 100 valence electrons. The van der Waals surface area contributed by atoms with Crippen LogP contribution in [0, 0.1) is 0 Å². The van der Waals surface area contributed by atoms with E-state index in [4.69, 9.17) is 5.73 Å². The Balaban J connectivity index is 2.19. The first-order chi connectivity index (χ1) is 9.70. The van der Waals surface area contributed by atoms with E-state index in [2.05, 4.69) is 9.72 Å². The van der Waals surface area contributed by atoms with Crippen LogP contribution in [-0.2, 0) is 4.74 Å². The van der Waals surface area contributed by atoms with Crippen molar-refractivity contribution in [2.24, 2.45) is 0 Å². The molecule has 2 aromatic carbocycles. The van der Waals surface area contributed by atoms with Gasteiger partial charge in [-0.15, -0.1) is 0 Å². The summed E-state index contributed by atoms with van der Waals surface area (Å²) in [6, 6.07) is 14.0. The van der Waals surface area contributed by atoms with Crippen LogP contribution in [0.25, 0.3) is 21.3 Å². The molecule has 0 aliphatic carbocycles. The summed E-state index contributed by atoms with van der Waals surface area (Å²) in [7, 11) is 1.32. The fourth-order valence-corrected chi connectivity index (χ4v) is 2.96. The Kier molecular flexibility index (Phi) is 3.12. The first-order valence-corrected chi connectivity index (χ1v) is 6.85. The number of carbonyl (C=O) groups excluding carboxylic acids is 1. The maximum Gasteiger partial charge on any atom is 0.359 e. The fraction of sp³-hybridized carbons (Fsp3) is 0.0667. The number of methoxy groups -OCH3 is 1. The van der Waals surface area contributed by atoms with Gasteiger partial charge in [-0.2, -0.15) is 0 Å². The summed E-state index contributed by atoms with van der Waals surface area (Å²) in [4.78, 5) is 15.9. The highest BCUT2D eigenvalue weighted by molar-refractivity contribution is 7.19. The van der Waals surface area contributed by atoms with Gasteiger partial charge in [-0.1, -0.05) is 53.8 Å². The highest BCUT2D eigenvalue weighted by atomic mass is 32.1. The largest absolute Gasteiger partial charge is 0.464 e. The number of benzene rings is 2. The number of fused-ring (bicyclic) bond motifs is 1. The lowest BCUT2D eigenvalue weighted by Gasteiger charge is -2.02. The summed E-state index contributed by atoms with van der Waals surface area (Å²) < 4.78 is 4.68. The maximum absolute atomic E-state index is 11.6. The first-order valence-electron chi connectivity index (χ1n) is 6.03. The highest BCUT2D eigenvalue weighted by Gasteiger charge is 2.18. The molecule has 0 aliphatic heterocycles. The van der Waals surface area contributed by atoms with Gasteiger partial charge in [0, 0.05) is 5.56 Å². The van der Waals surface area contributed by atoms with Crippen molar-refractivity contribution in [3.8, 4) is 10.6 Å². The molecule has 0 aliphatic rings. The van der Waals surface area contributed by atoms with E-state index in [-0.39, 0.29) is 5.69 Å². The molecule has 4 nitrogen and oxygen atoms in total. The molecule has 0 unspecified atom stereocenters. The third-order valence-corrected chi connectivity index (χ3v) is 3.97. The van der Waals surface area contributed by atoms with Gasteiger partial charge >= 0.3 is 5.97 Å². The van der Waals surface area contributed by atoms with Crippen molar-refractivity contribution in [2.75, 3.05) is 12.8 Å². The number of hydrogen-bond donors (Lipinski definition) is 1. The lowest BCUT2D eigenvalue weighted by atomic mass is 10.1. The van der Waals surface area contributed by atoms with Crippen LogP contribution >= 0.6 is 11.3 Å². The van der Waals surface area contributed by atoms with Gasteiger partial charge in [0.1, 0.15) is 10.0 Å². The van der Waals surface area contributed by atoms with Crippen molar-refractivity contribution in [2.45, 2.75) is 0 Å². The Hall–Kier alpha value is -2.40. The van der Waals surface area contributed by atoms with E-state index in [0.717, 1.165) is 21.3 Å². The number of aromatic nitrogens is 1. The molecule has 0 atom stereocenters. The van der Waals surface area contributed by atoms with Gasteiger partial charge in [0.2, 0.25) is 0 Å². The van der Waals surface area contributed by atoms with Crippen LogP contribution in [0.4, 0.5) is 5.00 Å². The molecule has 3 aromatic rings. The van der Waals surface area contributed by atoms with Crippen LogP contribution in [-0.4, -0.2) is 18.1 Å². The fourth-order valence-electron chi connectivity index (χ4n) is 2.10. The van der Waals surface area contributed by atoms with Crippen molar-refractivity contribution in [3.05, 3.63) is 48.2 Å². The van der Waals surface area contributed by atoms with Gasteiger partial charge in [-0.3, -0.25) is 0 Å². The zero-order valence-electron chi connectivity index (χ0n) is 10.8. The molecule has 0 bridgehead atoms. The van der Waals surface area contributed by atoms with Crippen LogP contribution in [0.5, 0.6) is 0 Å². The summed E-state index contributed by atoms with van der Waals surface area (Å²) in [5.74, 6) is -0.509. The molecule has 2 N–H and O–H groups in total. The summed E-state index contributed by atoms with van der Waals surface area (Å²) >= 11 is 1.29. The second kappa shape index (κ2) is 4.94. The SMILES string of the molecule is COC(=O)c1nc(-c2cccc3ccccc23)sc1N. The molecule has 0 fully saturated rings. The summed E-state index contributed by atoms with van der Waals surface area (Å²) in [5, 5.41) is 3.30. The average molecular weight is 284 g/mol. The Morgan fingerprint density at radius 1 is 1.20 bits per heavy atom. The van der Waals surface area contributed by atoms with Gasteiger partial charge in [-0.05, 0) is 10.8 Å². The van der Waals surface area contributed by atoms with Crippen molar-refractivity contribution < 1.29 is 9.53 Å². The number of nitrogens with two attached hydrogens (primary N) is 1. The normalized spacial score (nSPS) is 10.7. The summed E-state index contributed by atoms with van der Waals surface area (Å²) in [5.41, 5.74) is 7.00. The van der Waals surface area contributed by atoms with E-state index in [1.807, 2.05) is 42.5 Å². The van der Waals surface area contributed by atoms with Crippen LogP contribution in [0.15, 0.2) is 42.5 Å². The molecular weight excluding hydrogens is 272 g/mol. The predicted molar refractivity (Wildman–Crippen MR) is 80.8 cm³/mol. The third kappa shape index (κ3) is 2.02. The number of nitrogen functional groups attached to an aromatic ring is 1. The number of carbonyl (C=O) groups is 1. The van der Waals surface area contributed by atoms with E-state index in [9.17, 15) is 4.79 Å². The van der Waals surface area contributed by atoms with Gasteiger partial charge < -0.3 is 10.5 Å². The van der Waals surface area contributed by atoms with Gasteiger partial charge in [0.25, 0.3) is 0 Å². The zero-order valence-corrected chi connectivity index (χ0v) is 11.6. The standard InChI is InChI=1S/C15H12N2O2S/c1-19-15(18)12-13(16)20-14(17-12)11-8-4-6-9-5-2-3-7-10(9)11/h2-8H,16H2,1H3. The smallest absolute Gasteiger partial charge is 0.359 e. The van der Waals surface area contributed by atoms with E-state index in [1.165, 1.54) is 18.4 Å². The molecular formula is C15H12N2O2S. The van der Waals surface area contributed by atoms with Crippen molar-refractivity contribution in [1.82, 2.24) is 4.98 Å². The predicted octanol–water partition coefficient (Wildman–Crippen LogP) is 3.33. The van der Waals surface area contributed by atoms with Crippen molar-refractivity contribution in [3.63, 3.8) is 0 Å². The maximum atomic E-state index is 11.6. The lowest BCUT2D eigenvalue weighted by molar-refractivity contribution is 0.0596. The zero-order chi connectivity index (χ0) is 14.1. The Bertz CT molecular complexity index is 790.